The van der Waals surface area contributed by atoms with Gasteiger partial charge < -0.3 is 9.47 Å². The highest BCUT2D eigenvalue weighted by Gasteiger charge is 2.60. The molecular weight excluding hydrogens is 420 g/mol. The summed E-state index contributed by atoms with van der Waals surface area (Å²) in [7, 11) is 0. The van der Waals surface area contributed by atoms with Gasteiger partial charge in [0.15, 0.2) is 5.60 Å². The summed E-state index contributed by atoms with van der Waals surface area (Å²) in [5.74, 6) is 1.02. The number of unbranched alkanes of at least 4 members (excludes halogenated alkanes) is 4. The van der Waals surface area contributed by atoms with Gasteiger partial charge in [-0.3, -0.25) is 4.79 Å². The van der Waals surface area contributed by atoms with Gasteiger partial charge in [-0.15, -0.1) is 0 Å². The number of hydrogen-bond acceptors (Lipinski definition) is 3. The van der Waals surface area contributed by atoms with E-state index in [1.54, 1.807) is 0 Å². The van der Waals surface area contributed by atoms with Crippen molar-refractivity contribution < 1.29 is 14.3 Å². The average molecular weight is 451 g/mol. The predicted octanol–water partition coefficient (Wildman–Crippen LogP) is 7.62. The second-order valence-electron chi connectivity index (χ2n) is 9.73. The number of benzene rings is 3. The topological polar surface area (TPSA) is 35.5 Å². The molecule has 172 valence electrons. The summed E-state index contributed by atoms with van der Waals surface area (Å²) < 4.78 is 13.0. The molecule has 3 atom stereocenters. The molecule has 0 radical (unpaired) electrons. The van der Waals surface area contributed by atoms with E-state index in [0.29, 0.717) is 0 Å². The minimum absolute atomic E-state index is 0.114. The van der Waals surface area contributed by atoms with E-state index < -0.39 is 5.60 Å². The molecule has 3 aromatic carbocycles. The van der Waals surface area contributed by atoms with Crippen LogP contribution in [0.3, 0.4) is 0 Å². The van der Waals surface area contributed by atoms with Crippen molar-refractivity contribution >= 4 is 16.7 Å². The van der Waals surface area contributed by atoms with E-state index in [1.807, 2.05) is 36.4 Å². The summed E-state index contributed by atoms with van der Waals surface area (Å²) in [6, 6.07) is 18.9. The third-order valence-electron chi connectivity index (χ3n) is 7.64. The van der Waals surface area contributed by atoms with Crippen molar-refractivity contribution in [3.63, 3.8) is 0 Å². The molecule has 2 aliphatic heterocycles. The maximum Gasteiger partial charge on any atom is 0.314 e. The monoisotopic (exact) mass is 450 g/mol. The van der Waals surface area contributed by atoms with Gasteiger partial charge in [0.1, 0.15) is 11.5 Å². The summed E-state index contributed by atoms with van der Waals surface area (Å²) in [6.45, 7) is 2.25. The van der Waals surface area contributed by atoms with Gasteiger partial charge >= 0.3 is 5.97 Å². The Bertz CT molecular complexity index is 1320. The van der Waals surface area contributed by atoms with Crippen molar-refractivity contribution in [2.24, 2.45) is 11.8 Å². The Hall–Kier alpha value is -3.33. The van der Waals surface area contributed by atoms with Crippen molar-refractivity contribution in [1.82, 2.24) is 0 Å². The van der Waals surface area contributed by atoms with Crippen LogP contribution in [0.4, 0.5) is 0 Å². The molecule has 0 aromatic heterocycles. The van der Waals surface area contributed by atoms with Crippen LogP contribution in [0.15, 0.2) is 78.9 Å². The van der Waals surface area contributed by atoms with Crippen LogP contribution >= 0.6 is 0 Å². The van der Waals surface area contributed by atoms with E-state index in [0.717, 1.165) is 39.8 Å². The predicted molar refractivity (Wildman–Crippen MR) is 135 cm³/mol. The quantitative estimate of drug-likeness (QED) is 0.286. The standard InChI is InChI=1S/C31H30O3/c1-2-3-4-5-6-11-21-16-18-26-28(20-21)33-27-19-17-22-12-7-8-13-23(22)29(27)31(26)25-15-10-9-14-24(25)30(32)34-31/h7-10,12-20,24-25H,2-6,11H2,1H3. The highest BCUT2D eigenvalue weighted by Crippen LogP contribution is 2.60. The van der Waals surface area contributed by atoms with Gasteiger partial charge in [0.2, 0.25) is 0 Å². The molecule has 1 spiro atoms. The van der Waals surface area contributed by atoms with Crippen LogP contribution in [0, 0.1) is 11.8 Å². The van der Waals surface area contributed by atoms with Crippen LogP contribution < -0.4 is 4.74 Å². The van der Waals surface area contributed by atoms with Gasteiger partial charge in [-0.05, 0) is 41.3 Å². The molecule has 3 nitrogen and oxygen atoms in total. The van der Waals surface area contributed by atoms with Crippen LogP contribution in [-0.4, -0.2) is 5.97 Å². The van der Waals surface area contributed by atoms with Crippen LogP contribution in [-0.2, 0) is 21.6 Å². The normalized spacial score (nSPS) is 24.0. The third-order valence-corrected chi connectivity index (χ3v) is 7.64. The van der Waals surface area contributed by atoms with Crippen molar-refractivity contribution in [1.29, 1.82) is 0 Å². The van der Waals surface area contributed by atoms with E-state index in [2.05, 4.69) is 49.4 Å². The third kappa shape index (κ3) is 3.21. The lowest BCUT2D eigenvalue weighted by Gasteiger charge is -2.40. The van der Waals surface area contributed by atoms with Crippen molar-refractivity contribution in [3.8, 4) is 11.5 Å². The molecule has 6 rings (SSSR count). The number of ether oxygens (including phenoxy) is 2. The fourth-order valence-electron chi connectivity index (χ4n) is 5.99. The van der Waals surface area contributed by atoms with Gasteiger partial charge in [-0.25, -0.2) is 0 Å². The van der Waals surface area contributed by atoms with E-state index >= 15 is 0 Å². The Labute approximate surface area is 201 Å². The minimum Gasteiger partial charge on any atom is -0.456 e. The smallest absolute Gasteiger partial charge is 0.314 e. The minimum atomic E-state index is -0.896. The first kappa shape index (κ1) is 21.2. The lowest BCUT2D eigenvalue weighted by molar-refractivity contribution is -0.148. The molecule has 1 saturated heterocycles. The van der Waals surface area contributed by atoms with Crippen molar-refractivity contribution in [3.05, 3.63) is 95.6 Å². The Morgan fingerprint density at radius 3 is 2.65 bits per heavy atom. The van der Waals surface area contributed by atoms with E-state index in [1.165, 1.54) is 37.7 Å². The fourth-order valence-corrected chi connectivity index (χ4v) is 5.99. The number of aryl methyl sites for hydroxylation is 1. The van der Waals surface area contributed by atoms with E-state index in [9.17, 15) is 4.79 Å². The second-order valence-corrected chi connectivity index (χ2v) is 9.73. The SMILES string of the molecule is CCCCCCCc1ccc2c(c1)Oc1ccc3ccccc3c1C21OC(=O)C2C=CC=CC21. The van der Waals surface area contributed by atoms with Crippen LogP contribution in [0.25, 0.3) is 10.8 Å². The molecule has 2 heterocycles. The maximum atomic E-state index is 13.2. The zero-order valence-corrected chi connectivity index (χ0v) is 19.6. The van der Waals surface area contributed by atoms with Gasteiger partial charge in [-0.2, -0.15) is 0 Å². The molecular formula is C31H30O3. The summed E-state index contributed by atoms with van der Waals surface area (Å²) in [4.78, 5) is 13.2. The fraction of sp³-hybridized carbons (Fsp3) is 0.323. The first-order chi connectivity index (χ1) is 16.7. The Balaban J connectivity index is 1.48. The van der Waals surface area contributed by atoms with Gasteiger partial charge in [-0.1, -0.05) is 99.4 Å². The number of allylic oxidation sites excluding steroid dienone is 2. The highest BCUT2D eigenvalue weighted by atomic mass is 16.6. The first-order valence-electron chi connectivity index (χ1n) is 12.6. The van der Waals surface area contributed by atoms with Gasteiger partial charge in [0.25, 0.3) is 0 Å². The molecule has 0 N–H and O–H groups in total. The largest absolute Gasteiger partial charge is 0.456 e. The number of esters is 1. The molecule has 0 bridgehead atoms. The summed E-state index contributed by atoms with van der Waals surface area (Å²) in [5.41, 5.74) is 2.29. The molecule has 3 unspecified atom stereocenters. The highest BCUT2D eigenvalue weighted by molar-refractivity contribution is 5.92. The molecule has 1 aliphatic carbocycles. The first-order valence-corrected chi connectivity index (χ1v) is 12.6. The van der Waals surface area contributed by atoms with E-state index in [-0.39, 0.29) is 17.8 Å². The second kappa shape index (κ2) is 8.47. The number of carbonyl (C=O) groups excluding carboxylic acids is 1. The molecule has 0 saturated carbocycles. The Morgan fingerprint density at radius 1 is 0.882 bits per heavy atom. The summed E-state index contributed by atoms with van der Waals surface area (Å²) in [5, 5.41) is 2.19. The number of hydrogen-bond donors (Lipinski definition) is 0. The summed E-state index contributed by atoms with van der Waals surface area (Å²) in [6.07, 6.45) is 15.4. The van der Waals surface area contributed by atoms with Gasteiger partial charge in [0, 0.05) is 11.5 Å². The van der Waals surface area contributed by atoms with Gasteiger partial charge in [0.05, 0.1) is 11.5 Å². The lowest BCUT2D eigenvalue weighted by Crippen LogP contribution is -2.38. The number of fused-ring (bicyclic) bond motifs is 8. The number of carbonyl (C=O) groups is 1. The van der Waals surface area contributed by atoms with E-state index in [4.69, 9.17) is 9.47 Å². The molecule has 0 amide bonds. The molecule has 3 aliphatic rings. The van der Waals surface area contributed by atoms with Crippen LogP contribution in [0.1, 0.15) is 55.7 Å². The number of rotatable bonds is 6. The maximum absolute atomic E-state index is 13.2. The molecule has 1 fully saturated rings. The molecule has 3 aromatic rings. The summed E-state index contributed by atoms with van der Waals surface area (Å²) >= 11 is 0. The zero-order chi connectivity index (χ0) is 23.1. The van der Waals surface area contributed by atoms with Crippen LogP contribution in [0.5, 0.6) is 11.5 Å². The Morgan fingerprint density at radius 2 is 1.74 bits per heavy atom. The Kier molecular flexibility index (Phi) is 5.28. The zero-order valence-electron chi connectivity index (χ0n) is 19.6. The van der Waals surface area contributed by atoms with Crippen LogP contribution in [0.2, 0.25) is 0 Å². The average Bonchev–Trinajstić information content (AvgIpc) is 3.16. The van der Waals surface area contributed by atoms with Crippen molar-refractivity contribution in [2.45, 2.75) is 51.0 Å². The van der Waals surface area contributed by atoms with Crippen molar-refractivity contribution in [2.75, 3.05) is 0 Å². The molecule has 34 heavy (non-hydrogen) atoms. The molecule has 3 heteroatoms. The lowest BCUT2D eigenvalue weighted by atomic mass is 9.69.